The summed E-state index contributed by atoms with van der Waals surface area (Å²) in [6, 6.07) is 73.0. The van der Waals surface area contributed by atoms with E-state index in [1.54, 1.807) is 0 Å². The molecule has 11 rings (SSSR count). The second-order valence-electron chi connectivity index (χ2n) is 14.4. The first-order valence-corrected chi connectivity index (χ1v) is 19.1. The molecule has 0 saturated carbocycles. The molecule has 3 nitrogen and oxygen atoms in total. The monoisotopic (exact) mass is 714 g/mol. The third-order valence-corrected chi connectivity index (χ3v) is 11.4. The Morgan fingerprint density at radius 3 is 1.39 bits per heavy atom. The predicted octanol–water partition coefficient (Wildman–Crippen LogP) is 13.3. The molecular weight excluding hydrogens is 681 g/mol. The lowest BCUT2D eigenvalue weighted by Gasteiger charge is -2.39. The van der Waals surface area contributed by atoms with Crippen molar-refractivity contribution in [1.29, 1.82) is 0 Å². The highest BCUT2D eigenvalue weighted by Gasteiger charge is 2.51. The molecule has 0 fully saturated rings. The summed E-state index contributed by atoms with van der Waals surface area (Å²) in [6.45, 7) is 0. The van der Waals surface area contributed by atoms with Crippen molar-refractivity contribution < 1.29 is 4.74 Å². The number of rotatable bonds is 5. The van der Waals surface area contributed by atoms with Crippen LogP contribution in [0.5, 0.6) is 11.5 Å². The van der Waals surface area contributed by atoms with Gasteiger partial charge in [-0.25, -0.2) is 9.97 Å². The second kappa shape index (κ2) is 12.9. The first kappa shape index (κ1) is 32.1. The van der Waals surface area contributed by atoms with Crippen molar-refractivity contribution >= 4 is 0 Å². The zero-order valence-electron chi connectivity index (χ0n) is 30.4. The summed E-state index contributed by atoms with van der Waals surface area (Å²) >= 11 is 0. The molecular formula is C53H34N2O. The molecule has 0 radical (unpaired) electrons. The molecule has 0 atom stereocenters. The summed E-state index contributed by atoms with van der Waals surface area (Å²) < 4.78 is 6.57. The summed E-state index contributed by atoms with van der Waals surface area (Å²) in [5, 5.41) is 0. The molecule has 0 bridgehead atoms. The molecule has 1 aliphatic carbocycles. The number of benzene rings is 8. The fraction of sp³-hybridized carbons (Fsp3) is 0.0189. The topological polar surface area (TPSA) is 35.0 Å². The molecule has 2 aliphatic rings. The van der Waals surface area contributed by atoms with Gasteiger partial charge in [0.2, 0.25) is 0 Å². The lowest BCUT2D eigenvalue weighted by molar-refractivity contribution is 0.436. The summed E-state index contributed by atoms with van der Waals surface area (Å²) in [4.78, 5) is 10.6. The Kier molecular flexibility index (Phi) is 7.39. The van der Waals surface area contributed by atoms with E-state index in [4.69, 9.17) is 14.7 Å². The molecule has 8 aromatic carbocycles. The number of fused-ring (bicyclic) bond motifs is 9. The molecule has 0 unspecified atom stereocenters. The van der Waals surface area contributed by atoms with Crippen LogP contribution in [-0.2, 0) is 5.41 Å². The molecule has 0 saturated heterocycles. The van der Waals surface area contributed by atoms with Crippen LogP contribution >= 0.6 is 0 Å². The van der Waals surface area contributed by atoms with E-state index in [2.05, 4.69) is 182 Å². The van der Waals surface area contributed by atoms with E-state index in [0.717, 1.165) is 73.0 Å². The van der Waals surface area contributed by atoms with Gasteiger partial charge in [0.1, 0.15) is 11.5 Å². The molecule has 9 aromatic rings. The van der Waals surface area contributed by atoms with Gasteiger partial charge in [-0.2, -0.15) is 0 Å². The van der Waals surface area contributed by atoms with Crippen molar-refractivity contribution in [3.05, 3.63) is 229 Å². The molecule has 1 aromatic heterocycles. The Bertz CT molecular complexity index is 2870. The predicted molar refractivity (Wildman–Crippen MR) is 227 cm³/mol. The molecule has 56 heavy (non-hydrogen) atoms. The van der Waals surface area contributed by atoms with Gasteiger partial charge in [0.25, 0.3) is 0 Å². The number of para-hydroxylation sites is 2. The van der Waals surface area contributed by atoms with Crippen molar-refractivity contribution in [2.75, 3.05) is 0 Å². The van der Waals surface area contributed by atoms with Gasteiger partial charge in [-0.1, -0.05) is 188 Å². The van der Waals surface area contributed by atoms with Crippen LogP contribution in [0.2, 0.25) is 0 Å². The van der Waals surface area contributed by atoms with Gasteiger partial charge in [-0.05, 0) is 57.1 Å². The average molecular weight is 715 g/mol. The van der Waals surface area contributed by atoms with E-state index in [1.165, 1.54) is 22.3 Å². The van der Waals surface area contributed by atoms with Crippen LogP contribution in [0.3, 0.4) is 0 Å². The van der Waals surface area contributed by atoms with Crippen LogP contribution in [0, 0.1) is 0 Å². The van der Waals surface area contributed by atoms with Crippen LogP contribution < -0.4 is 4.74 Å². The zero-order chi connectivity index (χ0) is 37.1. The minimum atomic E-state index is -0.513. The van der Waals surface area contributed by atoms with Gasteiger partial charge in [0, 0.05) is 33.4 Å². The number of hydrogen-bond donors (Lipinski definition) is 0. The Morgan fingerprint density at radius 1 is 0.321 bits per heavy atom. The van der Waals surface area contributed by atoms with Gasteiger partial charge < -0.3 is 4.74 Å². The number of nitrogens with zero attached hydrogens (tertiary/aromatic N) is 2. The fourth-order valence-electron chi connectivity index (χ4n) is 8.92. The SMILES string of the molecule is c1ccc(-c2nc(-c3ccccc3)c(-c3ccccc3)c(-c3ccc(-c4ccc5c(c4)C4(c6ccccc6Oc6ccccc64)c4ccccc4-5)cc3)n2)cc1. The maximum atomic E-state index is 6.57. The van der Waals surface area contributed by atoms with Gasteiger partial charge in [0.05, 0.1) is 16.8 Å². The lowest BCUT2D eigenvalue weighted by Crippen LogP contribution is -2.32. The van der Waals surface area contributed by atoms with Crippen molar-refractivity contribution in [2.45, 2.75) is 5.41 Å². The molecule has 262 valence electrons. The minimum Gasteiger partial charge on any atom is -0.457 e. The van der Waals surface area contributed by atoms with Crippen molar-refractivity contribution in [3.63, 3.8) is 0 Å². The van der Waals surface area contributed by atoms with Crippen LogP contribution in [-0.4, -0.2) is 9.97 Å². The summed E-state index contributed by atoms with van der Waals surface area (Å²) in [6.07, 6.45) is 0. The molecule has 1 spiro atoms. The molecule has 0 amide bonds. The van der Waals surface area contributed by atoms with E-state index in [9.17, 15) is 0 Å². The number of ether oxygens (including phenoxy) is 1. The normalized spacial score (nSPS) is 12.9. The summed E-state index contributed by atoms with van der Waals surface area (Å²) in [5.74, 6) is 2.49. The Morgan fingerprint density at radius 2 is 0.768 bits per heavy atom. The van der Waals surface area contributed by atoms with E-state index >= 15 is 0 Å². The third-order valence-electron chi connectivity index (χ3n) is 11.4. The number of hydrogen-bond acceptors (Lipinski definition) is 3. The maximum absolute atomic E-state index is 6.57. The van der Waals surface area contributed by atoms with E-state index < -0.39 is 5.41 Å². The first-order chi connectivity index (χ1) is 27.8. The van der Waals surface area contributed by atoms with Gasteiger partial charge in [0.15, 0.2) is 5.82 Å². The minimum absolute atomic E-state index is 0.513. The summed E-state index contributed by atoms with van der Waals surface area (Å²) in [5.41, 5.74) is 16.1. The van der Waals surface area contributed by atoms with Crippen LogP contribution in [0.15, 0.2) is 206 Å². The quantitative estimate of drug-likeness (QED) is 0.178. The third kappa shape index (κ3) is 4.91. The largest absolute Gasteiger partial charge is 0.457 e. The van der Waals surface area contributed by atoms with Crippen molar-refractivity contribution in [3.8, 4) is 78.8 Å². The molecule has 3 heteroatoms. The zero-order valence-corrected chi connectivity index (χ0v) is 30.4. The standard InChI is InChI=1S/C53H34N2O/c1-4-16-36(17-5-1)49-50(37-18-6-2-7-19-37)54-52(39-20-8-3-9-21-39)55-51(49)38-30-28-35(29-31-38)40-32-33-42-41-22-10-11-23-43(41)53(46(42)34-40)44-24-12-14-26-47(44)56-48-27-15-13-25-45(48)53/h1-34H. The van der Waals surface area contributed by atoms with E-state index in [-0.39, 0.29) is 0 Å². The first-order valence-electron chi connectivity index (χ1n) is 19.1. The van der Waals surface area contributed by atoms with Crippen molar-refractivity contribution in [1.82, 2.24) is 9.97 Å². The Labute approximate surface area is 326 Å². The highest BCUT2D eigenvalue weighted by molar-refractivity contribution is 5.93. The van der Waals surface area contributed by atoms with Gasteiger partial charge >= 0.3 is 0 Å². The second-order valence-corrected chi connectivity index (χ2v) is 14.4. The smallest absolute Gasteiger partial charge is 0.160 e. The van der Waals surface area contributed by atoms with Crippen LogP contribution in [0.1, 0.15) is 22.3 Å². The maximum Gasteiger partial charge on any atom is 0.160 e. The molecule has 1 aliphatic heterocycles. The summed E-state index contributed by atoms with van der Waals surface area (Å²) in [7, 11) is 0. The Balaban J connectivity index is 1.09. The molecule has 0 N–H and O–H groups in total. The average Bonchev–Trinajstić information content (AvgIpc) is 3.57. The van der Waals surface area contributed by atoms with E-state index in [0.29, 0.717) is 5.82 Å². The molecule has 2 heterocycles. The highest BCUT2D eigenvalue weighted by Crippen LogP contribution is 2.62. The highest BCUT2D eigenvalue weighted by atomic mass is 16.5. The van der Waals surface area contributed by atoms with Crippen molar-refractivity contribution in [2.24, 2.45) is 0 Å². The Hall–Kier alpha value is -7.36. The van der Waals surface area contributed by atoms with Gasteiger partial charge in [-0.3, -0.25) is 0 Å². The fourth-order valence-corrected chi connectivity index (χ4v) is 8.92. The lowest BCUT2D eigenvalue weighted by atomic mass is 9.66. The van der Waals surface area contributed by atoms with E-state index in [1.807, 2.05) is 24.3 Å². The number of aromatic nitrogens is 2. The van der Waals surface area contributed by atoms with Crippen LogP contribution in [0.25, 0.3) is 67.3 Å². The van der Waals surface area contributed by atoms with Crippen LogP contribution in [0.4, 0.5) is 0 Å². The van der Waals surface area contributed by atoms with Gasteiger partial charge in [-0.15, -0.1) is 0 Å².